The highest BCUT2D eigenvalue weighted by atomic mass is 16.6. The molecule has 2 fully saturated rings. The normalized spacial score (nSPS) is 29.6. The van der Waals surface area contributed by atoms with E-state index in [1.165, 1.54) is 6.07 Å². The highest BCUT2D eigenvalue weighted by Crippen LogP contribution is 2.58. The zero-order chi connectivity index (χ0) is 21.3. The number of aryl methyl sites for hydroxylation is 3. The van der Waals surface area contributed by atoms with Crippen molar-refractivity contribution in [3.8, 4) is 0 Å². The molecule has 0 unspecified atom stereocenters. The first-order valence-corrected chi connectivity index (χ1v) is 10.2. The van der Waals surface area contributed by atoms with Gasteiger partial charge in [0.15, 0.2) is 5.78 Å². The number of aliphatic hydroxyl groups is 1. The molecule has 5 atom stereocenters. The van der Waals surface area contributed by atoms with Gasteiger partial charge in [0.25, 0.3) is 5.69 Å². The number of carbonyl (C=O) groups excluding carboxylic acids is 1. The van der Waals surface area contributed by atoms with Gasteiger partial charge >= 0.3 is 0 Å². The summed E-state index contributed by atoms with van der Waals surface area (Å²) in [6, 6.07) is 10.6. The largest absolute Gasteiger partial charge is 0.511 e. The van der Waals surface area contributed by atoms with Gasteiger partial charge in [0.1, 0.15) is 5.76 Å². The SMILES string of the molecule is Cc1cc(C)c(C2=C(O)[C@@H]3[C@@H]4O[C@@H](C[C@H]4c4cccc([N+](=O)[O-])c4)[C@@H]3C2=O)c(C)c1. The molecule has 2 bridgehead atoms. The molecule has 0 saturated carbocycles. The predicted molar refractivity (Wildman–Crippen MR) is 111 cm³/mol. The molecule has 6 nitrogen and oxygen atoms in total. The maximum absolute atomic E-state index is 13.4. The van der Waals surface area contributed by atoms with Crippen LogP contribution in [0.4, 0.5) is 5.69 Å². The van der Waals surface area contributed by atoms with Gasteiger partial charge in [-0.15, -0.1) is 0 Å². The number of hydrogen-bond donors (Lipinski definition) is 1. The molecule has 30 heavy (non-hydrogen) atoms. The lowest BCUT2D eigenvalue weighted by molar-refractivity contribution is -0.384. The van der Waals surface area contributed by atoms with Crippen LogP contribution in [0.25, 0.3) is 5.57 Å². The molecule has 2 aromatic rings. The minimum absolute atomic E-state index is 0.0423. The fourth-order valence-corrected chi connectivity index (χ4v) is 5.88. The molecule has 2 heterocycles. The summed E-state index contributed by atoms with van der Waals surface area (Å²) in [6.45, 7) is 5.95. The summed E-state index contributed by atoms with van der Waals surface area (Å²) in [5.74, 6) is -0.776. The van der Waals surface area contributed by atoms with Crippen molar-refractivity contribution in [2.75, 3.05) is 0 Å². The number of nitro benzene ring substituents is 1. The molecular weight excluding hydrogens is 382 g/mol. The first-order valence-electron chi connectivity index (χ1n) is 10.2. The minimum Gasteiger partial charge on any atom is -0.511 e. The number of ketones is 1. The summed E-state index contributed by atoms with van der Waals surface area (Å²) < 4.78 is 6.13. The molecule has 154 valence electrons. The highest BCUT2D eigenvalue weighted by molar-refractivity contribution is 6.26. The fraction of sp³-hybridized carbons (Fsp3) is 0.375. The standard InChI is InChI=1S/C24H23NO5/c1-11-7-12(2)18(13(3)8-11)20-22(26)19-17-10-16(24(30-17)21(19)23(20)27)14-5-4-6-15(9-14)25(28)29/h4-9,16-17,19,21,24,27H,10H2,1-3H3/t16-,17-,19-,21+,24+/m0/s1. The Labute approximate surface area is 174 Å². The Balaban J connectivity index is 1.56. The second kappa shape index (κ2) is 6.51. The Bertz CT molecular complexity index is 1110. The third kappa shape index (κ3) is 2.56. The summed E-state index contributed by atoms with van der Waals surface area (Å²) in [4.78, 5) is 24.1. The quantitative estimate of drug-likeness (QED) is 0.597. The van der Waals surface area contributed by atoms with E-state index in [4.69, 9.17) is 4.74 Å². The van der Waals surface area contributed by atoms with Crippen LogP contribution < -0.4 is 0 Å². The van der Waals surface area contributed by atoms with Gasteiger partial charge in [-0.05, 0) is 49.4 Å². The van der Waals surface area contributed by atoms with E-state index in [9.17, 15) is 20.0 Å². The van der Waals surface area contributed by atoms with Crippen molar-refractivity contribution in [2.45, 2.75) is 45.3 Å². The second-order valence-electron chi connectivity index (χ2n) is 8.78. The molecule has 2 aromatic carbocycles. The van der Waals surface area contributed by atoms with E-state index in [0.29, 0.717) is 12.0 Å². The second-order valence-corrected chi connectivity index (χ2v) is 8.78. The number of allylic oxidation sites excluding steroid dienone is 1. The van der Waals surface area contributed by atoms with Gasteiger partial charge in [-0.2, -0.15) is 0 Å². The van der Waals surface area contributed by atoms with Crippen LogP contribution in [0.15, 0.2) is 42.2 Å². The molecule has 2 saturated heterocycles. The Morgan fingerprint density at radius 1 is 1.10 bits per heavy atom. The van der Waals surface area contributed by atoms with Gasteiger partial charge in [0.2, 0.25) is 0 Å². The van der Waals surface area contributed by atoms with Crippen LogP contribution in [0.3, 0.4) is 0 Å². The lowest BCUT2D eigenvalue weighted by Crippen LogP contribution is -2.33. The first-order chi connectivity index (χ1) is 14.3. The number of benzene rings is 2. The summed E-state index contributed by atoms with van der Waals surface area (Å²) in [6.07, 6.45) is 0.00233. The maximum atomic E-state index is 13.4. The number of Topliss-reactive ketones (excluding diaryl/α,β-unsaturated/α-hetero) is 1. The Morgan fingerprint density at radius 3 is 2.47 bits per heavy atom. The number of hydrogen-bond acceptors (Lipinski definition) is 5. The molecule has 0 radical (unpaired) electrons. The molecule has 0 spiro atoms. The van der Waals surface area contributed by atoms with Gasteiger partial charge in [0, 0.05) is 18.1 Å². The average Bonchev–Trinajstić information content (AvgIpc) is 3.34. The van der Waals surface area contributed by atoms with E-state index in [2.05, 4.69) is 0 Å². The highest BCUT2D eigenvalue weighted by Gasteiger charge is 2.62. The first kappa shape index (κ1) is 19.0. The van der Waals surface area contributed by atoms with Crippen LogP contribution in [0.1, 0.15) is 40.2 Å². The van der Waals surface area contributed by atoms with Crippen molar-refractivity contribution in [1.29, 1.82) is 0 Å². The Kier molecular flexibility index (Phi) is 4.12. The zero-order valence-electron chi connectivity index (χ0n) is 17.1. The molecule has 2 aliphatic heterocycles. The lowest BCUT2D eigenvalue weighted by atomic mass is 9.72. The summed E-state index contributed by atoms with van der Waals surface area (Å²) in [5.41, 5.74) is 5.19. The molecule has 0 amide bonds. The number of aliphatic hydroxyl groups excluding tert-OH is 1. The number of fused-ring (bicyclic) bond motifs is 5. The van der Waals surface area contributed by atoms with Crippen LogP contribution in [-0.4, -0.2) is 28.0 Å². The Morgan fingerprint density at radius 2 is 1.80 bits per heavy atom. The zero-order valence-corrected chi connectivity index (χ0v) is 17.1. The van der Waals surface area contributed by atoms with Crippen molar-refractivity contribution < 1.29 is 19.6 Å². The molecule has 1 aliphatic carbocycles. The topological polar surface area (TPSA) is 89.7 Å². The minimum atomic E-state index is -0.405. The van der Waals surface area contributed by atoms with Gasteiger partial charge in [-0.25, -0.2) is 0 Å². The van der Waals surface area contributed by atoms with Crippen LogP contribution in [0, 0.1) is 42.7 Å². The van der Waals surface area contributed by atoms with Crippen molar-refractivity contribution in [3.05, 3.63) is 80.1 Å². The van der Waals surface area contributed by atoms with Gasteiger partial charge in [-0.3, -0.25) is 14.9 Å². The number of ether oxygens (including phenoxy) is 1. The maximum Gasteiger partial charge on any atom is 0.269 e. The van der Waals surface area contributed by atoms with Crippen LogP contribution in [0.2, 0.25) is 0 Å². The van der Waals surface area contributed by atoms with Crippen molar-refractivity contribution in [2.24, 2.45) is 11.8 Å². The molecule has 6 heteroatoms. The molecule has 0 aromatic heterocycles. The van der Waals surface area contributed by atoms with Crippen LogP contribution in [-0.2, 0) is 9.53 Å². The van der Waals surface area contributed by atoms with Crippen LogP contribution >= 0.6 is 0 Å². The third-order valence-electron chi connectivity index (χ3n) is 6.91. The smallest absolute Gasteiger partial charge is 0.269 e. The predicted octanol–water partition coefficient (Wildman–Crippen LogP) is 4.56. The van der Waals surface area contributed by atoms with Gasteiger partial charge in [-0.1, -0.05) is 29.8 Å². The monoisotopic (exact) mass is 405 g/mol. The van der Waals surface area contributed by atoms with Crippen LogP contribution in [0.5, 0.6) is 0 Å². The number of nitro groups is 1. The van der Waals surface area contributed by atoms with Crippen molar-refractivity contribution >= 4 is 17.0 Å². The Hall–Kier alpha value is -2.99. The fourth-order valence-electron chi connectivity index (χ4n) is 5.88. The van der Waals surface area contributed by atoms with E-state index in [1.807, 2.05) is 39.0 Å². The van der Waals surface area contributed by atoms with E-state index in [-0.39, 0.29) is 41.3 Å². The van der Waals surface area contributed by atoms with E-state index < -0.39 is 10.8 Å². The van der Waals surface area contributed by atoms with E-state index in [0.717, 1.165) is 27.8 Å². The molecule has 5 rings (SSSR count). The van der Waals surface area contributed by atoms with E-state index in [1.54, 1.807) is 12.1 Å². The summed E-state index contributed by atoms with van der Waals surface area (Å²) >= 11 is 0. The summed E-state index contributed by atoms with van der Waals surface area (Å²) in [5, 5.41) is 22.4. The van der Waals surface area contributed by atoms with Gasteiger partial charge < -0.3 is 9.84 Å². The number of carbonyl (C=O) groups is 1. The summed E-state index contributed by atoms with van der Waals surface area (Å²) in [7, 11) is 0. The third-order valence-corrected chi connectivity index (χ3v) is 6.91. The molecule has 1 N–H and O–H groups in total. The molecular formula is C24H23NO5. The average molecular weight is 405 g/mol. The number of nitrogens with zero attached hydrogens (tertiary/aromatic N) is 1. The lowest BCUT2D eigenvalue weighted by Gasteiger charge is -2.27. The van der Waals surface area contributed by atoms with Crippen molar-refractivity contribution in [1.82, 2.24) is 0 Å². The molecule has 3 aliphatic rings. The number of rotatable bonds is 3. The van der Waals surface area contributed by atoms with E-state index >= 15 is 0 Å². The number of non-ortho nitro benzene ring substituents is 1. The van der Waals surface area contributed by atoms with Crippen molar-refractivity contribution in [3.63, 3.8) is 0 Å². The van der Waals surface area contributed by atoms with Gasteiger partial charge in [0.05, 0.1) is 34.5 Å².